The smallest absolute Gasteiger partial charge is 0.0621 e. The third-order valence-corrected chi connectivity index (χ3v) is 3.22. The van der Waals surface area contributed by atoms with Gasteiger partial charge in [-0.15, -0.1) is 0 Å². The number of aliphatic hydroxyl groups is 1. The van der Waals surface area contributed by atoms with Crippen LogP contribution >= 0.6 is 15.9 Å². The van der Waals surface area contributed by atoms with Gasteiger partial charge in [-0.05, 0) is 5.92 Å². The zero-order chi connectivity index (χ0) is 8.36. The lowest BCUT2D eigenvalue weighted by atomic mass is 9.83. The van der Waals surface area contributed by atoms with E-state index in [0.717, 1.165) is 5.33 Å². The molecule has 0 spiro atoms. The number of rotatable bonds is 3. The molecule has 0 saturated heterocycles. The molecule has 0 aliphatic carbocycles. The van der Waals surface area contributed by atoms with Gasteiger partial charge in [-0.1, -0.05) is 43.6 Å². The molecule has 0 aromatic rings. The minimum atomic E-state index is -0.216. The van der Waals surface area contributed by atoms with Crippen LogP contribution in [0.4, 0.5) is 0 Å². The van der Waals surface area contributed by atoms with Crippen LogP contribution in [0.15, 0.2) is 0 Å². The normalized spacial score (nSPS) is 15.9. The molecule has 0 radical (unpaired) electrons. The van der Waals surface area contributed by atoms with E-state index in [0.29, 0.717) is 5.92 Å². The number of hydrogen-bond acceptors (Lipinski definition) is 1. The monoisotopic (exact) mass is 208 g/mol. The van der Waals surface area contributed by atoms with Crippen LogP contribution in [0.1, 0.15) is 27.7 Å². The number of hydrogen-bond donors (Lipinski definition) is 1. The summed E-state index contributed by atoms with van der Waals surface area (Å²) in [5, 5.41) is 10.5. The van der Waals surface area contributed by atoms with Crippen LogP contribution in [0.25, 0.3) is 0 Å². The quantitative estimate of drug-likeness (QED) is 0.707. The number of aliphatic hydroxyl groups excluding tert-OH is 1. The molecule has 10 heavy (non-hydrogen) atoms. The van der Waals surface area contributed by atoms with E-state index >= 15 is 0 Å². The van der Waals surface area contributed by atoms with Gasteiger partial charge in [0.2, 0.25) is 0 Å². The van der Waals surface area contributed by atoms with Crippen molar-refractivity contribution in [3.63, 3.8) is 0 Å². The number of alkyl halides is 1. The van der Waals surface area contributed by atoms with Crippen LogP contribution in [-0.2, 0) is 0 Å². The van der Waals surface area contributed by atoms with Crippen LogP contribution in [0, 0.1) is 11.3 Å². The summed E-state index contributed by atoms with van der Waals surface area (Å²) >= 11 is 3.38. The third-order valence-electron chi connectivity index (χ3n) is 1.78. The average Bonchev–Trinajstić information content (AvgIpc) is 1.86. The van der Waals surface area contributed by atoms with Gasteiger partial charge in [0.1, 0.15) is 0 Å². The maximum absolute atomic E-state index is 9.62. The Balaban J connectivity index is 4.03. The summed E-state index contributed by atoms with van der Waals surface area (Å²) in [7, 11) is 0. The third kappa shape index (κ3) is 2.59. The van der Waals surface area contributed by atoms with Crippen molar-refractivity contribution in [1.29, 1.82) is 0 Å². The topological polar surface area (TPSA) is 20.2 Å². The molecule has 1 unspecified atom stereocenters. The van der Waals surface area contributed by atoms with Gasteiger partial charge in [0.15, 0.2) is 0 Å². The molecule has 1 N–H and O–H groups in total. The molecule has 1 nitrogen and oxygen atoms in total. The van der Waals surface area contributed by atoms with Crippen molar-refractivity contribution < 1.29 is 5.11 Å². The van der Waals surface area contributed by atoms with E-state index in [1.807, 2.05) is 13.8 Å². The van der Waals surface area contributed by atoms with Crippen molar-refractivity contribution in [2.24, 2.45) is 11.3 Å². The Morgan fingerprint density at radius 2 is 1.80 bits per heavy atom. The molecule has 0 aromatic carbocycles. The van der Waals surface area contributed by atoms with Crippen molar-refractivity contribution in [3.8, 4) is 0 Å². The Morgan fingerprint density at radius 1 is 1.40 bits per heavy atom. The van der Waals surface area contributed by atoms with Crippen LogP contribution in [-0.4, -0.2) is 16.5 Å². The van der Waals surface area contributed by atoms with E-state index in [-0.39, 0.29) is 11.5 Å². The molecule has 0 rings (SSSR count). The maximum Gasteiger partial charge on any atom is 0.0621 e. The first-order valence-corrected chi connectivity index (χ1v) is 4.78. The fourth-order valence-electron chi connectivity index (χ4n) is 0.981. The van der Waals surface area contributed by atoms with Gasteiger partial charge >= 0.3 is 0 Å². The predicted molar refractivity (Wildman–Crippen MR) is 48.4 cm³/mol. The standard InChI is InChI=1S/C8H17BrO/c1-6(2)7(10)8(3,4)5-9/h6-7,10H,5H2,1-4H3. The molecule has 0 fully saturated rings. The van der Waals surface area contributed by atoms with Gasteiger partial charge in [0.25, 0.3) is 0 Å². The van der Waals surface area contributed by atoms with Crippen molar-refractivity contribution in [1.82, 2.24) is 0 Å². The van der Waals surface area contributed by atoms with Crippen LogP contribution in [0.5, 0.6) is 0 Å². The zero-order valence-electron chi connectivity index (χ0n) is 7.19. The molecule has 0 saturated carbocycles. The van der Waals surface area contributed by atoms with Crippen molar-refractivity contribution in [3.05, 3.63) is 0 Å². The predicted octanol–water partition coefficient (Wildman–Crippen LogP) is 2.42. The van der Waals surface area contributed by atoms with E-state index in [4.69, 9.17) is 0 Å². The highest BCUT2D eigenvalue weighted by Crippen LogP contribution is 2.27. The van der Waals surface area contributed by atoms with Crippen LogP contribution in [0.3, 0.4) is 0 Å². The largest absolute Gasteiger partial charge is 0.392 e. The fourth-order valence-corrected chi connectivity index (χ4v) is 1.31. The fraction of sp³-hybridized carbons (Fsp3) is 1.00. The first-order chi connectivity index (χ1) is 4.41. The summed E-state index contributed by atoms with van der Waals surface area (Å²) in [6, 6.07) is 0. The van der Waals surface area contributed by atoms with Crippen LogP contribution in [0.2, 0.25) is 0 Å². The Bertz CT molecular complexity index is 99.4. The molecule has 2 heteroatoms. The Labute approximate surface area is 72.0 Å². The summed E-state index contributed by atoms with van der Waals surface area (Å²) < 4.78 is 0. The lowest BCUT2D eigenvalue weighted by Crippen LogP contribution is -2.34. The van der Waals surface area contributed by atoms with Crippen molar-refractivity contribution in [2.45, 2.75) is 33.8 Å². The minimum Gasteiger partial charge on any atom is -0.392 e. The van der Waals surface area contributed by atoms with Crippen molar-refractivity contribution in [2.75, 3.05) is 5.33 Å². The van der Waals surface area contributed by atoms with Gasteiger partial charge in [-0.25, -0.2) is 0 Å². The van der Waals surface area contributed by atoms with Crippen molar-refractivity contribution >= 4 is 15.9 Å². The van der Waals surface area contributed by atoms with Gasteiger partial charge in [-0.2, -0.15) is 0 Å². The second-order valence-corrected chi connectivity index (χ2v) is 4.37. The van der Waals surface area contributed by atoms with Gasteiger partial charge in [0.05, 0.1) is 6.10 Å². The highest BCUT2D eigenvalue weighted by molar-refractivity contribution is 9.09. The second-order valence-electron chi connectivity index (χ2n) is 3.81. The minimum absolute atomic E-state index is 0.00579. The molecule has 0 aliphatic rings. The Hall–Kier alpha value is 0.440. The van der Waals surface area contributed by atoms with E-state index in [2.05, 4.69) is 29.8 Å². The van der Waals surface area contributed by atoms with E-state index in [1.165, 1.54) is 0 Å². The summed E-state index contributed by atoms with van der Waals surface area (Å²) in [5.74, 6) is 0.340. The molecule has 0 aliphatic heterocycles. The SMILES string of the molecule is CC(C)C(O)C(C)(C)CBr. The summed E-state index contributed by atoms with van der Waals surface area (Å²) in [5.41, 5.74) is -0.00579. The lowest BCUT2D eigenvalue weighted by Gasteiger charge is -2.31. The van der Waals surface area contributed by atoms with E-state index < -0.39 is 0 Å². The maximum atomic E-state index is 9.62. The Kier molecular flexibility index (Phi) is 3.89. The molecule has 1 atom stereocenters. The summed E-state index contributed by atoms with van der Waals surface area (Å²) in [6.07, 6.45) is -0.216. The Morgan fingerprint density at radius 3 is 1.90 bits per heavy atom. The second kappa shape index (κ2) is 3.72. The first-order valence-electron chi connectivity index (χ1n) is 3.66. The molecule has 0 heterocycles. The first kappa shape index (κ1) is 10.4. The molecule has 0 aromatic heterocycles. The van der Waals surface area contributed by atoms with E-state index in [1.54, 1.807) is 0 Å². The summed E-state index contributed by atoms with van der Waals surface area (Å²) in [6.45, 7) is 8.20. The number of halogens is 1. The molecule has 62 valence electrons. The average molecular weight is 209 g/mol. The van der Waals surface area contributed by atoms with Gasteiger partial charge < -0.3 is 5.11 Å². The van der Waals surface area contributed by atoms with Gasteiger partial charge in [0, 0.05) is 10.7 Å². The molecule has 0 amide bonds. The van der Waals surface area contributed by atoms with Gasteiger partial charge in [-0.3, -0.25) is 0 Å². The molecule has 0 bridgehead atoms. The summed E-state index contributed by atoms with van der Waals surface area (Å²) in [4.78, 5) is 0. The van der Waals surface area contributed by atoms with E-state index in [9.17, 15) is 5.11 Å². The highest BCUT2D eigenvalue weighted by atomic mass is 79.9. The molecular weight excluding hydrogens is 192 g/mol. The lowest BCUT2D eigenvalue weighted by molar-refractivity contribution is 0.0281. The molecular formula is C8H17BrO. The highest BCUT2D eigenvalue weighted by Gasteiger charge is 2.28. The zero-order valence-corrected chi connectivity index (χ0v) is 8.77. The van der Waals surface area contributed by atoms with Crippen LogP contribution < -0.4 is 0 Å².